The van der Waals surface area contributed by atoms with Gasteiger partial charge < -0.3 is 19.9 Å². The second-order valence-corrected chi connectivity index (χ2v) is 24.1. The molecule has 9 nitrogen and oxygen atoms in total. The number of esters is 2. The lowest BCUT2D eigenvalue weighted by atomic mass is 9.47. The molecule has 0 unspecified atom stereocenters. The molecule has 71 heavy (non-hydrogen) atoms. The van der Waals surface area contributed by atoms with E-state index in [0.29, 0.717) is 40.3 Å². The number of hydrogen-bond donors (Lipinski definition) is 2. The SMILES string of the molecule is C=CC1=C(C)C2=NC1=CC1=NC(=CC3=C(C)C4=C(O)[C@@H](C(=O)O[C@H]5CC[C@@]6(C)C(=CC[C@H]7[C@@H]8CC[C@H]([C@H](C)CCCC(C)C)[C@@]8(C)CC[C@@H]76)C5)C(=C5NC(=C2)[C@@H](C)[C@@H]5CCC(=O)OC)C4=N3)C(CC)=C1C. The summed E-state index contributed by atoms with van der Waals surface area (Å²) in [5.74, 6) is 2.35. The zero-order valence-corrected chi connectivity index (χ0v) is 44.7. The Balaban J connectivity index is 0.984. The minimum absolute atomic E-state index is 0.0307. The number of nitrogens with one attached hydrogen (secondary N) is 1. The van der Waals surface area contributed by atoms with Crippen LogP contribution in [0.1, 0.15) is 159 Å². The highest BCUT2D eigenvalue weighted by Gasteiger charge is 2.60. The summed E-state index contributed by atoms with van der Waals surface area (Å²) in [6.07, 6.45) is 24.8. The van der Waals surface area contributed by atoms with E-state index in [1.165, 1.54) is 57.6 Å². The van der Waals surface area contributed by atoms with Crippen molar-refractivity contribution in [1.82, 2.24) is 5.32 Å². The van der Waals surface area contributed by atoms with Gasteiger partial charge in [-0.3, -0.25) is 9.59 Å². The predicted molar refractivity (Wildman–Crippen MR) is 285 cm³/mol. The van der Waals surface area contributed by atoms with Crippen molar-refractivity contribution in [1.29, 1.82) is 0 Å². The molecule has 378 valence electrons. The smallest absolute Gasteiger partial charge is 0.321 e. The van der Waals surface area contributed by atoms with E-state index >= 15 is 4.79 Å². The topological polar surface area (TPSA) is 122 Å². The first-order valence-corrected chi connectivity index (χ1v) is 27.5. The average molecular weight is 961 g/mol. The normalized spacial score (nSPS) is 34.3. The first-order valence-electron chi connectivity index (χ1n) is 27.5. The third-order valence-corrected chi connectivity index (χ3v) is 20.1. The molecule has 4 fully saturated rings. The van der Waals surface area contributed by atoms with Crippen molar-refractivity contribution in [3.05, 3.63) is 116 Å². The molecule has 11 atom stereocenters. The van der Waals surface area contributed by atoms with Crippen LogP contribution in [-0.2, 0) is 19.1 Å². The summed E-state index contributed by atoms with van der Waals surface area (Å²) in [7, 11) is 1.42. The number of nitrogens with zero attached hydrogens (tertiary/aromatic N) is 3. The number of fused-ring (bicyclic) bond motifs is 10. The van der Waals surface area contributed by atoms with Crippen LogP contribution < -0.4 is 5.32 Å². The van der Waals surface area contributed by atoms with Crippen LogP contribution in [0, 0.1) is 64.1 Å². The highest BCUT2D eigenvalue weighted by Crippen LogP contribution is 2.67. The fraction of sp³-hybridized carbons (Fsp3) is 0.597. The van der Waals surface area contributed by atoms with Gasteiger partial charge in [-0.25, -0.2) is 15.0 Å². The van der Waals surface area contributed by atoms with Crippen molar-refractivity contribution >= 4 is 29.1 Å². The summed E-state index contributed by atoms with van der Waals surface area (Å²) in [6, 6.07) is 0. The molecule has 0 spiro atoms. The average Bonchev–Trinajstić information content (AvgIpc) is 4.15. The van der Waals surface area contributed by atoms with Gasteiger partial charge in [0.25, 0.3) is 0 Å². The maximum absolute atomic E-state index is 15.2. The van der Waals surface area contributed by atoms with Gasteiger partial charge >= 0.3 is 11.9 Å². The Hall–Kier alpha value is -5.05. The highest BCUT2D eigenvalue weighted by atomic mass is 16.5. The number of allylic oxidation sites excluding steroid dienone is 12. The Labute approximate surface area is 424 Å². The number of aliphatic hydroxyl groups excluding tert-OH is 1. The molecule has 0 aromatic heterocycles. The second-order valence-electron chi connectivity index (χ2n) is 24.1. The van der Waals surface area contributed by atoms with Gasteiger partial charge in [0, 0.05) is 52.8 Å². The highest BCUT2D eigenvalue weighted by molar-refractivity contribution is 6.24. The Morgan fingerprint density at radius 1 is 0.944 bits per heavy atom. The number of methoxy groups -OCH3 is 1. The molecule has 9 heteroatoms. The summed E-state index contributed by atoms with van der Waals surface area (Å²) < 4.78 is 11.9. The first-order chi connectivity index (χ1) is 33.9. The molecular weight excluding hydrogens is 881 g/mol. The zero-order chi connectivity index (χ0) is 50.4. The van der Waals surface area contributed by atoms with E-state index in [2.05, 4.69) is 92.4 Å². The van der Waals surface area contributed by atoms with Gasteiger partial charge in [-0.15, -0.1) is 0 Å². The van der Waals surface area contributed by atoms with E-state index in [1.54, 1.807) is 0 Å². The minimum atomic E-state index is -1.09. The van der Waals surface area contributed by atoms with Gasteiger partial charge in [-0.05, 0) is 165 Å². The van der Waals surface area contributed by atoms with E-state index < -0.39 is 11.9 Å². The third-order valence-electron chi connectivity index (χ3n) is 20.1. The maximum atomic E-state index is 15.2. The molecule has 0 amide bonds. The van der Waals surface area contributed by atoms with Crippen LogP contribution in [0.5, 0.6) is 0 Å². The Kier molecular flexibility index (Phi) is 13.1. The second kappa shape index (κ2) is 18.8. The van der Waals surface area contributed by atoms with Crippen LogP contribution in [0.25, 0.3) is 0 Å². The monoisotopic (exact) mass is 961 g/mol. The molecule has 1 saturated heterocycles. The Morgan fingerprint density at radius 2 is 1.70 bits per heavy atom. The Morgan fingerprint density at radius 3 is 2.44 bits per heavy atom. The van der Waals surface area contributed by atoms with Crippen molar-refractivity contribution < 1.29 is 24.2 Å². The maximum Gasteiger partial charge on any atom is 0.321 e. The molecule has 5 aliphatic heterocycles. The summed E-state index contributed by atoms with van der Waals surface area (Å²) in [6.45, 7) is 27.1. The van der Waals surface area contributed by atoms with Gasteiger partial charge in [-0.2, -0.15) is 0 Å². The summed E-state index contributed by atoms with van der Waals surface area (Å²) in [4.78, 5) is 43.7. The number of carbonyl (C=O) groups excluding carboxylic acids is 2. The lowest BCUT2D eigenvalue weighted by Gasteiger charge is -2.58. The molecule has 0 radical (unpaired) electrons. The number of carbonyl (C=O) groups is 2. The zero-order valence-electron chi connectivity index (χ0n) is 44.7. The molecule has 10 rings (SSSR count). The quantitative estimate of drug-likeness (QED) is 0.148. The molecule has 8 bridgehead atoms. The van der Waals surface area contributed by atoms with Gasteiger partial charge in [0.1, 0.15) is 17.8 Å². The molecule has 2 N–H and O–H groups in total. The molecule has 0 aromatic carbocycles. The number of aliphatic hydroxyl groups is 1. The minimum Gasteiger partial charge on any atom is -0.510 e. The van der Waals surface area contributed by atoms with Crippen LogP contribution in [0.2, 0.25) is 0 Å². The summed E-state index contributed by atoms with van der Waals surface area (Å²) in [5, 5.41) is 16.4. The van der Waals surface area contributed by atoms with E-state index in [0.717, 1.165) is 124 Å². The molecule has 5 aliphatic carbocycles. The van der Waals surface area contributed by atoms with Crippen LogP contribution in [0.15, 0.2) is 131 Å². The number of aliphatic imine (C=N–C) groups is 3. The lowest BCUT2D eigenvalue weighted by Crippen LogP contribution is -2.51. The molecule has 3 saturated carbocycles. The van der Waals surface area contributed by atoms with E-state index in [9.17, 15) is 9.90 Å². The van der Waals surface area contributed by atoms with Gasteiger partial charge in [0.05, 0.1) is 41.3 Å². The largest absolute Gasteiger partial charge is 0.510 e. The standard InChI is InChI=1S/C62H80N4O5/c1-13-40-34(6)47-29-49-36(8)42(20-23-53(67)70-12)57(65-49)55-56(59(68)54-37(9)50(66-58(54)55)31-52-41(14-2)35(7)48(64-52)30-51(40)63-47)60(69)71-39-24-26-61(10)38(28-39)18-19-43-45-22-21-44(33(5)17-15-16-32(3)4)62(45,11)27-25-46(43)61/h13,18,29-33,36,39,42-46,56,65,68H,1,14-17,19-28H2,2-12H3/t33-,36+,39+,42+,43+,44-,45+,46+,56+,61+,62-/m1/s1. The summed E-state index contributed by atoms with van der Waals surface area (Å²) >= 11 is 0. The van der Waals surface area contributed by atoms with E-state index in [1.807, 2.05) is 19.1 Å². The number of hydrogen-bond acceptors (Lipinski definition) is 9. The van der Waals surface area contributed by atoms with E-state index in [4.69, 9.17) is 24.5 Å². The molecule has 5 heterocycles. The fourth-order valence-electron chi connectivity index (χ4n) is 16.0. The summed E-state index contributed by atoms with van der Waals surface area (Å²) in [5.41, 5.74) is 14.4. The molecular formula is C62H80N4O5. The van der Waals surface area contributed by atoms with Gasteiger partial charge in [0.2, 0.25) is 0 Å². The Bertz CT molecular complexity index is 2740. The van der Waals surface area contributed by atoms with E-state index in [-0.39, 0.29) is 41.5 Å². The molecule has 0 aromatic rings. The van der Waals surface area contributed by atoms with Crippen molar-refractivity contribution in [2.75, 3.05) is 7.11 Å². The lowest BCUT2D eigenvalue weighted by molar-refractivity contribution is -0.154. The van der Waals surface area contributed by atoms with Crippen molar-refractivity contribution in [2.24, 2.45) is 79.1 Å². The van der Waals surface area contributed by atoms with Crippen molar-refractivity contribution in [3.63, 3.8) is 0 Å². The predicted octanol–water partition coefficient (Wildman–Crippen LogP) is 14.0. The third kappa shape index (κ3) is 8.13. The molecule has 10 aliphatic rings. The first kappa shape index (κ1) is 49.5. The van der Waals surface area contributed by atoms with Crippen molar-refractivity contribution in [3.8, 4) is 0 Å². The van der Waals surface area contributed by atoms with Crippen LogP contribution in [-0.4, -0.2) is 47.4 Å². The van der Waals surface area contributed by atoms with Crippen LogP contribution in [0.4, 0.5) is 0 Å². The fourth-order valence-corrected chi connectivity index (χ4v) is 16.0. The van der Waals surface area contributed by atoms with Crippen molar-refractivity contribution in [2.45, 2.75) is 165 Å². The number of rotatable bonds is 12. The van der Waals surface area contributed by atoms with Gasteiger partial charge in [0.15, 0.2) is 0 Å². The van der Waals surface area contributed by atoms with Gasteiger partial charge in [-0.1, -0.05) is 92.0 Å². The van der Waals surface area contributed by atoms with Crippen LogP contribution >= 0.6 is 0 Å². The number of ether oxygens (including phenoxy) is 2. The van der Waals surface area contributed by atoms with Crippen LogP contribution in [0.3, 0.4) is 0 Å².